The number of para-hydroxylation sites is 1. The van der Waals surface area contributed by atoms with Gasteiger partial charge in [0.25, 0.3) is 0 Å². The van der Waals surface area contributed by atoms with Gasteiger partial charge in [0.2, 0.25) is 0 Å². The van der Waals surface area contributed by atoms with Crippen molar-refractivity contribution in [2.24, 2.45) is 0 Å². The average Bonchev–Trinajstić information content (AvgIpc) is 2.97. The SMILES string of the molecule is c1ccc(OC2CCC2)c(CNC2CCN3CCCC3C2)c1. The number of nitrogens with one attached hydrogen (secondary N) is 1. The molecule has 3 heteroatoms. The predicted molar refractivity (Wildman–Crippen MR) is 89.2 cm³/mol. The number of piperidine rings is 1. The molecule has 120 valence electrons. The molecule has 2 saturated heterocycles. The van der Waals surface area contributed by atoms with E-state index in [0.29, 0.717) is 12.1 Å². The topological polar surface area (TPSA) is 24.5 Å². The third kappa shape index (κ3) is 3.16. The molecular weight excluding hydrogens is 272 g/mol. The summed E-state index contributed by atoms with van der Waals surface area (Å²) in [6.45, 7) is 3.55. The summed E-state index contributed by atoms with van der Waals surface area (Å²) < 4.78 is 6.14. The van der Waals surface area contributed by atoms with E-state index in [1.807, 2.05) is 0 Å². The molecule has 2 heterocycles. The minimum atomic E-state index is 0.461. The van der Waals surface area contributed by atoms with Crippen LogP contribution in [0, 0.1) is 0 Å². The third-order valence-corrected chi connectivity index (χ3v) is 5.72. The summed E-state index contributed by atoms with van der Waals surface area (Å²) in [5.41, 5.74) is 1.32. The standard InChI is InChI=1S/C19H28N2O/c1-2-9-19(22-18-7-3-8-18)15(5-1)14-20-16-10-12-21-11-4-6-17(21)13-16/h1-2,5,9,16-18,20H,3-4,6-8,10-14H2. The van der Waals surface area contributed by atoms with Crippen LogP contribution in [0.2, 0.25) is 0 Å². The quantitative estimate of drug-likeness (QED) is 0.902. The fraction of sp³-hybridized carbons (Fsp3) is 0.684. The Labute approximate surface area is 134 Å². The van der Waals surface area contributed by atoms with Crippen molar-refractivity contribution in [2.75, 3.05) is 13.1 Å². The fourth-order valence-electron chi connectivity index (χ4n) is 4.10. The molecule has 1 aromatic carbocycles. The second-order valence-corrected chi connectivity index (χ2v) is 7.21. The maximum absolute atomic E-state index is 6.14. The van der Waals surface area contributed by atoms with Crippen LogP contribution in [-0.2, 0) is 6.54 Å². The van der Waals surface area contributed by atoms with Crippen molar-refractivity contribution in [3.8, 4) is 5.75 Å². The molecule has 22 heavy (non-hydrogen) atoms. The minimum absolute atomic E-state index is 0.461. The van der Waals surface area contributed by atoms with Gasteiger partial charge >= 0.3 is 0 Å². The highest BCUT2D eigenvalue weighted by molar-refractivity contribution is 5.33. The van der Waals surface area contributed by atoms with Gasteiger partial charge in [-0.15, -0.1) is 0 Å². The van der Waals surface area contributed by atoms with Gasteiger partial charge in [0.15, 0.2) is 0 Å². The molecule has 1 aromatic rings. The first kappa shape index (κ1) is 14.5. The molecule has 0 amide bonds. The lowest BCUT2D eigenvalue weighted by molar-refractivity contribution is 0.118. The van der Waals surface area contributed by atoms with Crippen LogP contribution in [0.4, 0.5) is 0 Å². The molecule has 1 N–H and O–H groups in total. The Morgan fingerprint density at radius 1 is 1.05 bits per heavy atom. The summed E-state index contributed by atoms with van der Waals surface area (Å²) in [4.78, 5) is 2.69. The first-order valence-corrected chi connectivity index (χ1v) is 9.10. The molecule has 1 aliphatic carbocycles. The van der Waals surface area contributed by atoms with E-state index in [4.69, 9.17) is 4.74 Å². The number of ether oxygens (including phenoxy) is 1. The van der Waals surface area contributed by atoms with Gasteiger partial charge in [-0.2, -0.15) is 0 Å². The van der Waals surface area contributed by atoms with E-state index in [1.165, 1.54) is 63.6 Å². The van der Waals surface area contributed by atoms with Crippen LogP contribution in [0.5, 0.6) is 5.75 Å². The van der Waals surface area contributed by atoms with Gasteiger partial charge in [0.1, 0.15) is 5.75 Å². The Balaban J connectivity index is 1.33. The second-order valence-electron chi connectivity index (χ2n) is 7.21. The van der Waals surface area contributed by atoms with Gasteiger partial charge in [0, 0.05) is 24.2 Å². The smallest absolute Gasteiger partial charge is 0.124 e. The summed E-state index contributed by atoms with van der Waals surface area (Å²) >= 11 is 0. The van der Waals surface area contributed by atoms with Gasteiger partial charge in [-0.25, -0.2) is 0 Å². The van der Waals surface area contributed by atoms with E-state index in [1.54, 1.807) is 0 Å². The number of rotatable bonds is 5. The molecule has 3 fully saturated rings. The maximum Gasteiger partial charge on any atom is 0.124 e. The highest BCUT2D eigenvalue weighted by atomic mass is 16.5. The Morgan fingerprint density at radius 2 is 1.95 bits per heavy atom. The number of nitrogens with zero attached hydrogens (tertiary/aromatic N) is 1. The normalized spacial score (nSPS) is 29.1. The van der Waals surface area contributed by atoms with E-state index >= 15 is 0 Å². The first-order chi connectivity index (χ1) is 10.9. The van der Waals surface area contributed by atoms with Crippen molar-refractivity contribution in [2.45, 2.75) is 69.7 Å². The van der Waals surface area contributed by atoms with Gasteiger partial charge in [0.05, 0.1) is 6.10 Å². The minimum Gasteiger partial charge on any atom is -0.490 e. The maximum atomic E-state index is 6.14. The summed E-state index contributed by atoms with van der Waals surface area (Å²) in [5.74, 6) is 1.10. The van der Waals surface area contributed by atoms with Gasteiger partial charge < -0.3 is 15.0 Å². The molecule has 0 radical (unpaired) electrons. The van der Waals surface area contributed by atoms with E-state index in [-0.39, 0.29) is 0 Å². The highest BCUT2D eigenvalue weighted by Crippen LogP contribution is 2.29. The van der Waals surface area contributed by atoms with Crippen LogP contribution in [-0.4, -0.2) is 36.2 Å². The summed E-state index contributed by atoms with van der Waals surface area (Å²) in [5, 5.41) is 3.79. The zero-order chi connectivity index (χ0) is 14.8. The fourth-order valence-corrected chi connectivity index (χ4v) is 4.10. The van der Waals surface area contributed by atoms with E-state index in [0.717, 1.165) is 18.3 Å². The Morgan fingerprint density at radius 3 is 2.82 bits per heavy atom. The van der Waals surface area contributed by atoms with Crippen LogP contribution in [0.3, 0.4) is 0 Å². The molecule has 0 aromatic heterocycles. The van der Waals surface area contributed by atoms with Crippen molar-refractivity contribution in [3.05, 3.63) is 29.8 Å². The number of hydrogen-bond donors (Lipinski definition) is 1. The van der Waals surface area contributed by atoms with Crippen LogP contribution in [0.25, 0.3) is 0 Å². The van der Waals surface area contributed by atoms with Crippen LogP contribution >= 0.6 is 0 Å². The van der Waals surface area contributed by atoms with Crippen molar-refractivity contribution in [3.63, 3.8) is 0 Å². The molecule has 1 saturated carbocycles. The monoisotopic (exact) mass is 300 g/mol. The number of hydrogen-bond acceptors (Lipinski definition) is 3. The molecule has 2 atom stereocenters. The zero-order valence-corrected chi connectivity index (χ0v) is 13.5. The molecule has 0 spiro atoms. The summed E-state index contributed by atoms with van der Waals surface area (Å²) in [6.07, 6.45) is 9.65. The molecular formula is C19H28N2O. The van der Waals surface area contributed by atoms with Crippen molar-refractivity contribution < 1.29 is 4.74 Å². The largest absolute Gasteiger partial charge is 0.490 e. The lowest BCUT2D eigenvalue weighted by atomic mass is 9.96. The predicted octanol–water partition coefficient (Wildman–Crippen LogP) is 3.33. The molecule has 2 aliphatic heterocycles. The lowest BCUT2D eigenvalue weighted by Gasteiger charge is -2.35. The second kappa shape index (κ2) is 6.59. The average molecular weight is 300 g/mol. The number of fused-ring (bicyclic) bond motifs is 1. The Hall–Kier alpha value is -1.06. The zero-order valence-electron chi connectivity index (χ0n) is 13.5. The van der Waals surface area contributed by atoms with Crippen molar-refractivity contribution >= 4 is 0 Å². The molecule has 2 unspecified atom stereocenters. The number of benzene rings is 1. The molecule has 4 rings (SSSR count). The van der Waals surface area contributed by atoms with Crippen molar-refractivity contribution in [1.29, 1.82) is 0 Å². The van der Waals surface area contributed by atoms with Crippen molar-refractivity contribution in [1.82, 2.24) is 10.2 Å². The Bertz CT molecular complexity index is 500. The van der Waals surface area contributed by atoms with E-state index in [2.05, 4.69) is 34.5 Å². The third-order valence-electron chi connectivity index (χ3n) is 5.72. The van der Waals surface area contributed by atoms with E-state index in [9.17, 15) is 0 Å². The molecule has 3 nitrogen and oxygen atoms in total. The Kier molecular flexibility index (Phi) is 4.35. The van der Waals surface area contributed by atoms with Crippen LogP contribution in [0.1, 0.15) is 50.5 Å². The summed E-state index contributed by atoms with van der Waals surface area (Å²) in [6, 6.07) is 10.1. The summed E-state index contributed by atoms with van der Waals surface area (Å²) in [7, 11) is 0. The van der Waals surface area contributed by atoms with Gasteiger partial charge in [-0.1, -0.05) is 18.2 Å². The van der Waals surface area contributed by atoms with E-state index < -0.39 is 0 Å². The van der Waals surface area contributed by atoms with Gasteiger partial charge in [-0.3, -0.25) is 0 Å². The van der Waals surface area contributed by atoms with Gasteiger partial charge in [-0.05, 0) is 64.1 Å². The first-order valence-electron chi connectivity index (χ1n) is 9.10. The molecule has 3 aliphatic rings. The lowest BCUT2D eigenvalue weighted by Crippen LogP contribution is -2.45. The van der Waals surface area contributed by atoms with Crippen LogP contribution < -0.4 is 10.1 Å². The highest BCUT2D eigenvalue weighted by Gasteiger charge is 2.31. The van der Waals surface area contributed by atoms with Crippen LogP contribution in [0.15, 0.2) is 24.3 Å². The molecule has 0 bridgehead atoms.